The minimum absolute atomic E-state index is 0.157. The third kappa shape index (κ3) is 3.67. The highest BCUT2D eigenvalue weighted by Gasteiger charge is 2.22. The van der Waals surface area contributed by atoms with Gasteiger partial charge in [-0.25, -0.2) is 0 Å². The molecule has 2 amide bonds. The van der Waals surface area contributed by atoms with Crippen LogP contribution < -0.4 is 0 Å². The molecule has 0 bridgehead atoms. The highest BCUT2D eigenvalue weighted by atomic mass is 35.5. The molecule has 0 aromatic heterocycles. The van der Waals surface area contributed by atoms with Crippen LogP contribution in [0.2, 0.25) is 0 Å². The molecular weight excluding hydrogens is 228 g/mol. The van der Waals surface area contributed by atoms with Gasteiger partial charge >= 0.3 is 0 Å². The Labute approximate surface area is 102 Å². The predicted octanol–water partition coefficient (Wildman–Crippen LogP) is 1.09. The van der Waals surface area contributed by atoms with Crippen molar-refractivity contribution in [3.05, 3.63) is 0 Å². The van der Waals surface area contributed by atoms with Crippen LogP contribution in [0.5, 0.6) is 0 Å². The summed E-state index contributed by atoms with van der Waals surface area (Å²) >= 11 is 5.54. The number of hydrogen-bond acceptors (Lipinski definition) is 2. The lowest BCUT2D eigenvalue weighted by atomic mass is 10.2. The van der Waals surface area contributed by atoms with E-state index in [2.05, 4.69) is 0 Å². The third-order valence-corrected chi connectivity index (χ3v) is 3.08. The monoisotopic (exact) mass is 246 g/mol. The van der Waals surface area contributed by atoms with Gasteiger partial charge in [-0.15, -0.1) is 11.6 Å². The van der Waals surface area contributed by atoms with Gasteiger partial charge in [0.1, 0.15) is 0 Å². The van der Waals surface area contributed by atoms with Crippen LogP contribution in [0.4, 0.5) is 0 Å². The molecule has 0 N–H and O–H groups in total. The number of halogens is 1. The molecule has 92 valence electrons. The first-order valence-electron chi connectivity index (χ1n) is 5.80. The van der Waals surface area contributed by atoms with Crippen LogP contribution in [0, 0.1) is 0 Å². The Bertz CT molecular complexity index is 250. The zero-order valence-corrected chi connectivity index (χ0v) is 10.5. The summed E-state index contributed by atoms with van der Waals surface area (Å²) < 4.78 is 0. The molecule has 1 aliphatic heterocycles. The molecule has 16 heavy (non-hydrogen) atoms. The van der Waals surface area contributed by atoms with Gasteiger partial charge in [0.05, 0.1) is 0 Å². The van der Waals surface area contributed by atoms with Crippen molar-refractivity contribution in [2.45, 2.75) is 26.2 Å². The number of hydrogen-bond donors (Lipinski definition) is 0. The summed E-state index contributed by atoms with van der Waals surface area (Å²) in [6, 6.07) is 0. The number of nitrogens with zero attached hydrogens (tertiary/aromatic N) is 2. The van der Waals surface area contributed by atoms with E-state index in [1.807, 2.05) is 16.7 Å². The summed E-state index contributed by atoms with van der Waals surface area (Å²) in [5.74, 6) is 0.858. The zero-order valence-electron chi connectivity index (χ0n) is 9.75. The van der Waals surface area contributed by atoms with Crippen LogP contribution in [0.25, 0.3) is 0 Å². The molecule has 0 radical (unpaired) electrons. The van der Waals surface area contributed by atoms with Gasteiger partial charge in [0, 0.05) is 44.9 Å². The topological polar surface area (TPSA) is 40.6 Å². The molecular formula is C11H19ClN2O2. The summed E-state index contributed by atoms with van der Waals surface area (Å²) in [6.07, 6.45) is 1.79. The van der Waals surface area contributed by atoms with Crippen molar-refractivity contribution in [1.82, 2.24) is 9.80 Å². The molecule has 1 saturated heterocycles. The fourth-order valence-corrected chi connectivity index (χ4v) is 1.94. The van der Waals surface area contributed by atoms with Gasteiger partial charge < -0.3 is 9.80 Å². The Morgan fingerprint density at radius 2 is 1.56 bits per heavy atom. The molecule has 1 rings (SSSR count). The first-order valence-corrected chi connectivity index (χ1v) is 6.34. The van der Waals surface area contributed by atoms with Crippen molar-refractivity contribution in [2.24, 2.45) is 0 Å². The third-order valence-electron chi connectivity index (χ3n) is 2.81. The molecule has 0 saturated carbocycles. The molecule has 1 fully saturated rings. The van der Waals surface area contributed by atoms with Crippen LogP contribution in [0.1, 0.15) is 26.2 Å². The van der Waals surface area contributed by atoms with E-state index in [0.29, 0.717) is 44.9 Å². The highest BCUT2D eigenvalue weighted by Crippen LogP contribution is 2.06. The molecule has 1 aliphatic rings. The van der Waals surface area contributed by atoms with Crippen LogP contribution >= 0.6 is 11.6 Å². The number of alkyl halides is 1. The second-order valence-electron chi connectivity index (χ2n) is 3.91. The molecule has 0 spiro atoms. The van der Waals surface area contributed by atoms with Crippen molar-refractivity contribution in [3.63, 3.8) is 0 Å². The van der Waals surface area contributed by atoms with E-state index in [4.69, 9.17) is 11.6 Å². The molecule has 1 heterocycles. The minimum Gasteiger partial charge on any atom is -0.339 e. The molecule has 0 atom stereocenters. The Kier molecular flexibility index (Phi) is 5.60. The Balaban J connectivity index is 2.31. The van der Waals surface area contributed by atoms with Crippen molar-refractivity contribution in [2.75, 3.05) is 32.1 Å². The molecule has 4 nitrogen and oxygen atoms in total. The zero-order chi connectivity index (χ0) is 12.0. The number of amides is 2. The van der Waals surface area contributed by atoms with E-state index in [1.165, 1.54) is 0 Å². The van der Waals surface area contributed by atoms with Crippen molar-refractivity contribution < 1.29 is 9.59 Å². The summed E-state index contributed by atoms with van der Waals surface area (Å²) in [7, 11) is 0. The second-order valence-corrected chi connectivity index (χ2v) is 4.29. The maximum absolute atomic E-state index is 11.7. The fraction of sp³-hybridized carbons (Fsp3) is 0.818. The Hall–Kier alpha value is -0.770. The second kappa shape index (κ2) is 6.74. The van der Waals surface area contributed by atoms with Gasteiger partial charge in [0.25, 0.3) is 0 Å². The van der Waals surface area contributed by atoms with E-state index in [1.54, 1.807) is 0 Å². The lowest BCUT2D eigenvalue weighted by Crippen LogP contribution is -2.50. The molecule has 0 aromatic carbocycles. The molecule has 0 aromatic rings. The van der Waals surface area contributed by atoms with Crippen LogP contribution in [-0.2, 0) is 9.59 Å². The molecule has 0 unspecified atom stereocenters. The van der Waals surface area contributed by atoms with E-state index in [0.717, 1.165) is 6.42 Å². The maximum Gasteiger partial charge on any atom is 0.222 e. The summed E-state index contributed by atoms with van der Waals surface area (Å²) in [5, 5.41) is 0. The van der Waals surface area contributed by atoms with Crippen molar-refractivity contribution >= 4 is 23.4 Å². The number of rotatable bonds is 4. The Morgan fingerprint density at radius 1 is 1.06 bits per heavy atom. The van der Waals surface area contributed by atoms with Crippen molar-refractivity contribution in [1.29, 1.82) is 0 Å². The van der Waals surface area contributed by atoms with Crippen LogP contribution in [0.15, 0.2) is 0 Å². The molecule has 5 heteroatoms. The van der Waals surface area contributed by atoms with E-state index in [-0.39, 0.29) is 11.8 Å². The van der Waals surface area contributed by atoms with Crippen LogP contribution in [-0.4, -0.2) is 53.7 Å². The SMILES string of the molecule is CCC(=O)N1CCN(C(=O)CCCCl)CC1. The van der Waals surface area contributed by atoms with Gasteiger partial charge in [0.15, 0.2) is 0 Å². The average Bonchev–Trinajstić information content (AvgIpc) is 2.35. The standard InChI is InChI=1S/C11H19ClN2O2/c1-2-10(15)13-6-8-14(9-7-13)11(16)4-3-5-12/h2-9H2,1H3. The fourth-order valence-electron chi connectivity index (χ4n) is 1.81. The minimum atomic E-state index is 0.157. The average molecular weight is 247 g/mol. The van der Waals surface area contributed by atoms with Crippen LogP contribution in [0.3, 0.4) is 0 Å². The number of piperazine rings is 1. The van der Waals surface area contributed by atoms with Gasteiger partial charge in [0.2, 0.25) is 11.8 Å². The van der Waals surface area contributed by atoms with Gasteiger partial charge in [-0.2, -0.15) is 0 Å². The largest absolute Gasteiger partial charge is 0.339 e. The first kappa shape index (κ1) is 13.3. The maximum atomic E-state index is 11.7. The van der Waals surface area contributed by atoms with E-state index >= 15 is 0 Å². The Morgan fingerprint density at radius 3 is 2.00 bits per heavy atom. The van der Waals surface area contributed by atoms with Gasteiger partial charge in [-0.05, 0) is 6.42 Å². The lowest BCUT2D eigenvalue weighted by molar-refractivity contribution is -0.139. The van der Waals surface area contributed by atoms with Gasteiger partial charge in [-0.1, -0.05) is 6.92 Å². The number of carbonyl (C=O) groups is 2. The van der Waals surface area contributed by atoms with E-state index < -0.39 is 0 Å². The van der Waals surface area contributed by atoms with Gasteiger partial charge in [-0.3, -0.25) is 9.59 Å². The lowest BCUT2D eigenvalue weighted by Gasteiger charge is -2.34. The quantitative estimate of drug-likeness (QED) is 0.697. The predicted molar refractivity (Wildman–Crippen MR) is 63.4 cm³/mol. The molecule has 0 aliphatic carbocycles. The van der Waals surface area contributed by atoms with E-state index in [9.17, 15) is 9.59 Å². The smallest absolute Gasteiger partial charge is 0.222 e. The number of carbonyl (C=O) groups excluding carboxylic acids is 2. The van der Waals surface area contributed by atoms with Crippen molar-refractivity contribution in [3.8, 4) is 0 Å². The normalized spacial score (nSPS) is 16.4. The first-order chi connectivity index (χ1) is 7.69. The summed E-state index contributed by atoms with van der Waals surface area (Å²) in [6.45, 7) is 4.51. The summed E-state index contributed by atoms with van der Waals surface area (Å²) in [5.41, 5.74) is 0. The highest BCUT2D eigenvalue weighted by molar-refractivity contribution is 6.17. The summed E-state index contributed by atoms with van der Waals surface area (Å²) in [4.78, 5) is 26.7.